The van der Waals surface area contributed by atoms with Crippen LogP contribution in [-0.2, 0) is 0 Å². The smallest absolute Gasteiger partial charge is 0.224 e. The van der Waals surface area contributed by atoms with E-state index >= 15 is 0 Å². The maximum Gasteiger partial charge on any atom is 0.224 e. The molecule has 0 aliphatic heterocycles. The molecular weight excluding hydrogens is 192 g/mol. The maximum absolute atomic E-state index is 9.12. The van der Waals surface area contributed by atoms with E-state index in [9.17, 15) is 0 Å². The van der Waals surface area contributed by atoms with Crippen molar-refractivity contribution in [3.05, 3.63) is 17.5 Å². The van der Waals surface area contributed by atoms with Gasteiger partial charge in [0.15, 0.2) is 0 Å². The van der Waals surface area contributed by atoms with Gasteiger partial charge in [0.1, 0.15) is 11.8 Å². The molecule has 5 nitrogen and oxygen atoms in total. The second-order valence-electron chi connectivity index (χ2n) is 3.80. The van der Waals surface area contributed by atoms with Gasteiger partial charge in [0, 0.05) is 11.7 Å². The van der Waals surface area contributed by atoms with Crippen molar-refractivity contribution in [1.82, 2.24) is 9.97 Å². The third-order valence-corrected chi connectivity index (χ3v) is 2.42. The molecule has 0 atom stereocenters. The van der Waals surface area contributed by atoms with Gasteiger partial charge < -0.3 is 10.4 Å². The molecule has 0 unspecified atom stereocenters. The fraction of sp³-hybridized carbons (Fsp3) is 0.500. The number of nitrogens with one attached hydrogen (secondary N) is 1. The van der Waals surface area contributed by atoms with Crippen LogP contribution in [0.3, 0.4) is 0 Å². The molecular formula is C10H12N4O. The summed E-state index contributed by atoms with van der Waals surface area (Å²) in [6, 6.07) is 3.86. The van der Waals surface area contributed by atoms with Crippen molar-refractivity contribution in [2.45, 2.75) is 31.9 Å². The van der Waals surface area contributed by atoms with Gasteiger partial charge in [0.25, 0.3) is 0 Å². The van der Waals surface area contributed by atoms with Crippen LogP contribution < -0.4 is 5.32 Å². The highest BCUT2D eigenvalue weighted by molar-refractivity contribution is 5.34. The van der Waals surface area contributed by atoms with Crippen LogP contribution in [0.5, 0.6) is 0 Å². The molecule has 0 radical (unpaired) electrons. The van der Waals surface area contributed by atoms with E-state index in [1.165, 1.54) is 0 Å². The molecule has 1 aliphatic carbocycles. The summed E-state index contributed by atoms with van der Waals surface area (Å²) in [7, 11) is 0. The third-order valence-electron chi connectivity index (χ3n) is 2.42. The van der Waals surface area contributed by atoms with Crippen LogP contribution in [0, 0.1) is 18.3 Å². The molecule has 1 heterocycles. The normalized spacial score (nSPS) is 24.1. The SMILES string of the molecule is Cc1cc(C#N)nc(NC2CC(O)C2)n1. The summed E-state index contributed by atoms with van der Waals surface area (Å²) in [5, 5.41) is 20.9. The van der Waals surface area contributed by atoms with Crippen LogP contribution in [0.4, 0.5) is 5.95 Å². The Kier molecular flexibility index (Phi) is 2.52. The van der Waals surface area contributed by atoms with Crippen molar-refractivity contribution in [1.29, 1.82) is 5.26 Å². The summed E-state index contributed by atoms with van der Waals surface area (Å²) < 4.78 is 0. The molecule has 78 valence electrons. The lowest BCUT2D eigenvalue weighted by Gasteiger charge is -2.31. The first-order chi connectivity index (χ1) is 7.17. The molecule has 2 rings (SSSR count). The lowest BCUT2D eigenvalue weighted by Crippen LogP contribution is -2.39. The summed E-state index contributed by atoms with van der Waals surface area (Å²) in [5.74, 6) is 0.475. The van der Waals surface area contributed by atoms with E-state index in [0.29, 0.717) is 11.6 Å². The predicted molar refractivity (Wildman–Crippen MR) is 54.1 cm³/mol. The van der Waals surface area contributed by atoms with Crippen LogP contribution in [-0.4, -0.2) is 27.2 Å². The van der Waals surface area contributed by atoms with Gasteiger partial charge in [0.05, 0.1) is 6.10 Å². The van der Waals surface area contributed by atoms with Crippen LogP contribution in [0.2, 0.25) is 0 Å². The molecule has 1 saturated carbocycles. The van der Waals surface area contributed by atoms with Crippen LogP contribution in [0.15, 0.2) is 6.07 Å². The zero-order valence-electron chi connectivity index (χ0n) is 8.44. The van der Waals surface area contributed by atoms with Gasteiger partial charge in [-0.25, -0.2) is 9.97 Å². The molecule has 0 amide bonds. The summed E-state index contributed by atoms with van der Waals surface area (Å²) in [6.45, 7) is 1.82. The van der Waals surface area contributed by atoms with Crippen molar-refractivity contribution >= 4 is 5.95 Å². The first-order valence-electron chi connectivity index (χ1n) is 4.88. The Balaban J connectivity index is 2.08. The molecule has 5 heteroatoms. The fourth-order valence-electron chi connectivity index (χ4n) is 1.58. The van der Waals surface area contributed by atoms with Crippen molar-refractivity contribution < 1.29 is 5.11 Å². The minimum absolute atomic E-state index is 0.206. The fourth-order valence-corrected chi connectivity index (χ4v) is 1.58. The van der Waals surface area contributed by atoms with Crippen LogP contribution >= 0.6 is 0 Å². The summed E-state index contributed by atoms with van der Waals surface area (Å²) in [6.07, 6.45) is 1.24. The molecule has 1 aliphatic rings. The number of nitriles is 1. The summed E-state index contributed by atoms with van der Waals surface area (Å²) >= 11 is 0. The minimum Gasteiger partial charge on any atom is -0.393 e. The van der Waals surface area contributed by atoms with E-state index in [-0.39, 0.29) is 12.1 Å². The summed E-state index contributed by atoms with van der Waals surface area (Å²) in [5.41, 5.74) is 1.13. The topological polar surface area (TPSA) is 81.8 Å². The monoisotopic (exact) mass is 204 g/mol. The Morgan fingerprint density at radius 2 is 2.27 bits per heavy atom. The molecule has 1 aromatic heterocycles. The van der Waals surface area contributed by atoms with Crippen molar-refractivity contribution in [2.75, 3.05) is 5.32 Å². The number of anilines is 1. The van der Waals surface area contributed by atoms with E-state index in [1.807, 2.05) is 13.0 Å². The highest BCUT2D eigenvalue weighted by Crippen LogP contribution is 2.22. The largest absolute Gasteiger partial charge is 0.393 e. The Bertz CT molecular complexity index is 406. The molecule has 2 N–H and O–H groups in total. The highest BCUT2D eigenvalue weighted by Gasteiger charge is 2.27. The first-order valence-corrected chi connectivity index (χ1v) is 4.88. The second-order valence-corrected chi connectivity index (χ2v) is 3.80. The van der Waals surface area contributed by atoms with E-state index in [4.69, 9.17) is 10.4 Å². The zero-order valence-corrected chi connectivity index (χ0v) is 8.44. The van der Waals surface area contributed by atoms with Gasteiger partial charge in [-0.2, -0.15) is 5.26 Å². The molecule has 0 aromatic carbocycles. The Morgan fingerprint density at radius 3 is 2.87 bits per heavy atom. The number of hydrogen-bond donors (Lipinski definition) is 2. The highest BCUT2D eigenvalue weighted by atomic mass is 16.3. The van der Waals surface area contributed by atoms with Crippen LogP contribution in [0.25, 0.3) is 0 Å². The minimum atomic E-state index is -0.206. The number of nitrogens with zero attached hydrogens (tertiary/aromatic N) is 3. The predicted octanol–water partition coefficient (Wildman–Crippen LogP) is 0.592. The number of aliphatic hydroxyl groups is 1. The standard InChI is InChI=1S/C10H12N4O/c1-6-2-8(5-11)14-10(12-6)13-7-3-9(15)4-7/h2,7,9,15H,3-4H2,1H3,(H,12,13,14). The molecule has 1 fully saturated rings. The van der Waals surface area contributed by atoms with Gasteiger partial charge in [0.2, 0.25) is 5.95 Å². The molecule has 1 aromatic rings. The van der Waals surface area contributed by atoms with E-state index < -0.39 is 0 Å². The average molecular weight is 204 g/mol. The van der Waals surface area contributed by atoms with E-state index in [1.54, 1.807) is 6.07 Å². The second kappa shape index (κ2) is 3.83. The van der Waals surface area contributed by atoms with Gasteiger partial charge >= 0.3 is 0 Å². The zero-order chi connectivity index (χ0) is 10.8. The molecule has 15 heavy (non-hydrogen) atoms. The van der Waals surface area contributed by atoms with Crippen molar-refractivity contribution in [3.63, 3.8) is 0 Å². The van der Waals surface area contributed by atoms with Gasteiger partial charge in [-0.1, -0.05) is 0 Å². The molecule has 0 saturated heterocycles. The average Bonchev–Trinajstić information content (AvgIpc) is 2.14. The maximum atomic E-state index is 9.12. The number of aryl methyl sites for hydroxylation is 1. The number of rotatable bonds is 2. The van der Waals surface area contributed by atoms with Gasteiger partial charge in [-0.05, 0) is 25.8 Å². The third kappa shape index (κ3) is 2.22. The molecule has 0 spiro atoms. The Morgan fingerprint density at radius 1 is 1.53 bits per heavy atom. The van der Waals surface area contributed by atoms with Gasteiger partial charge in [-0.3, -0.25) is 0 Å². The Labute approximate surface area is 87.8 Å². The van der Waals surface area contributed by atoms with Gasteiger partial charge in [-0.15, -0.1) is 0 Å². The lowest BCUT2D eigenvalue weighted by atomic mass is 9.90. The van der Waals surface area contributed by atoms with Crippen LogP contribution in [0.1, 0.15) is 24.2 Å². The van der Waals surface area contributed by atoms with E-state index in [2.05, 4.69) is 15.3 Å². The molecule has 0 bridgehead atoms. The Hall–Kier alpha value is -1.67. The quantitative estimate of drug-likeness (QED) is 0.736. The van der Waals surface area contributed by atoms with Crippen molar-refractivity contribution in [3.8, 4) is 6.07 Å². The number of aliphatic hydroxyl groups excluding tert-OH is 1. The summed E-state index contributed by atoms with van der Waals surface area (Å²) in [4.78, 5) is 8.21. The number of hydrogen-bond acceptors (Lipinski definition) is 5. The number of aromatic nitrogens is 2. The lowest BCUT2D eigenvalue weighted by molar-refractivity contribution is 0.0834. The van der Waals surface area contributed by atoms with Crippen molar-refractivity contribution in [2.24, 2.45) is 0 Å². The first kappa shape index (κ1) is 9.87. The van der Waals surface area contributed by atoms with E-state index in [0.717, 1.165) is 18.5 Å².